The molecule has 8 heteroatoms. The van der Waals surface area contributed by atoms with Gasteiger partial charge in [0.1, 0.15) is 5.82 Å². The van der Waals surface area contributed by atoms with Crippen LogP contribution < -0.4 is 16.4 Å². The molecule has 0 radical (unpaired) electrons. The molecule has 1 unspecified atom stereocenters. The normalized spacial score (nSPS) is 17.1. The monoisotopic (exact) mass is 382 g/mol. The summed E-state index contributed by atoms with van der Waals surface area (Å²) in [6.07, 6.45) is 1.88. The third kappa shape index (κ3) is 5.26. The van der Waals surface area contributed by atoms with E-state index in [-0.39, 0.29) is 23.4 Å². The number of aromatic nitrogens is 2. The van der Waals surface area contributed by atoms with Crippen LogP contribution in [-0.2, 0) is 17.9 Å². The van der Waals surface area contributed by atoms with Crippen molar-refractivity contribution in [2.45, 2.75) is 25.9 Å². The van der Waals surface area contributed by atoms with E-state index in [1.54, 1.807) is 19.2 Å². The fraction of sp³-hybridized carbons (Fsp3) is 0.400. The lowest BCUT2D eigenvalue weighted by molar-refractivity contribution is -0.123. The van der Waals surface area contributed by atoms with Crippen LogP contribution >= 0.6 is 0 Å². The van der Waals surface area contributed by atoms with Crippen molar-refractivity contribution in [3.8, 4) is 0 Å². The van der Waals surface area contributed by atoms with Crippen molar-refractivity contribution in [1.82, 2.24) is 20.4 Å². The number of primary amides is 1. The van der Waals surface area contributed by atoms with Gasteiger partial charge in [-0.25, -0.2) is 0 Å². The van der Waals surface area contributed by atoms with Crippen molar-refractivity contribution in [1.29, 1.82) is 0 Å². The van der Waals surface area contributed by atoms with Crippen LogP contribution in [0.25, 0.3) is 0 Å². The number of rotatable bonds is 7. The van der Waals surface area contributed by atoms with Gasteiger partial charge in [-0.05, 0) is 42.6 Å². The molecule has 0 saturated carbocycles. The number of nitrogens with zero attached hydrogens (tertiary/aromatic N) is 3. The quantitative estimate of drug-likeness (QED) is 0.662. The molecule has 1 aliphatic heterocycles. The number of benzene rings is 1. The minimum atomic E-state index is -0.261. The molecule has 4 N–H and O–H groups in total. The summed E-state index contributed by atoms with van der Waals surface area (Å²) in [5.41, 5.74) is 8.07. The standard InChI is InChI=1S/C20H26N6O2/c1-22-20(28)17-7-8-18(25-24-17)23-11-14-4-2-5-15(10-14)12-26-9-3-6-16(13-26)19(21)27/h2,4-5,7-8,10,16H,3,6,9,11-13H2,1H3,(H2,21,27)(H,22,28)(H,23,25). The highest BCUT2D eigenvalue weighted by atomic mass is 16.2. The average molecular weight is 382 g/mol. The van der Waals surface area contributed by atoms with Gasteiger partial charge in [-0.15, -0.1) is 10.2 Å². The average Bonchev–Trinajstić information content (AvgIpc) is 2.72. The lowest BCUT2D eigenvalue weighted by Crippen LogP contribution is -2.40. The maximum absolute atomic E-state index is 11.5. The molecule has 148 valence electrons. The zero-order valence-electron chi connectivity index (χ0n) is 16.0. The van der Waals surface area contributed by atoms with Gasteiger partial charge in [0.2, 0.25) is 5.91 Å². The Balaban J connectivity index is 1.56. The summed E-state index contributed by atoms with van der Waals surface area (Å²) in [4.78, 5) is 25.2. The van der Waals surface area contributed by atoms with Crippen LogP contribution in [0.2, 0.25) is 0 Å². The van der Waals surface area contributed by atoms with Gasteiger partial charge in [-0.2, -0.15) is 0 Å². The number of anilines is 1. The Bertz CT molecular complexity index is 824. The van der Waals surface area contributed by atoms with Crippen molar-refractivity contribution in [3.63, 3.8) is 0 Å². The zero-order valence-corrected chi connectivity index (χ0v) is 16.0. The van der Waals surface area contributed by atoms with Crippen molar-refractivity contribution in [2.24, 2.45) is 11.7 Å². The number of carbonyl (C=O) groups is 2. The van der Waals surface area contributed by atoms with Gasteiger partial charge in [0.15, 0.2) is 5.69 Å². The first-order valence-electron chi connectivity index (χ1n) is 9.44. The molecular weight excluding hydrogens is 356 g/mol. The number of hydrogen-bond acceptors (Lipinski definition) is 6. The van der Waals surface area contributed by atoms with Crippen LogP contribution in [0.3, 0.4) is 0 Å². The van der Waals surface area contributed by atoms with E-state index in [4.69, 9.17) is 5.73 Å². The van der Waals surface area contributed by atoms with Gasteiger partial charge in [-0.3, -0.25) is 14.5 Å². The molecular formula is C20H26N6O2. The first-order valence-corrected chi connectivity index (χ1v) is 9.44. The maximum Gasteiger partial charge on any atom is 0.271 e. The van der Waals surface area contributed by atoms with E-state index >= 15 is 0 Å². The number of likely N-dealkylation sites (tertiary alicyclic amines) is 1. The van der Waals surface area contributed by atoms with Crippen LogP contribution in [0.15, 0.2) is 36.4 Å². The number of nitrogens with two attached hydrogens (primary N) is 1. The fourth-order valence-corrected chi connectivity index (χ4v) is 3.40. The minimum Gasteiger partial charge on any atom is -0.369 e. The summed E-state index contributed by atoms with van der Waals surface area (Å²) in [6.45, 7) is 3.12. The maximum atomic E-state index is 11.5. The Morgan fingerprint density at radius 3 is 2.75 bits per heavy atom. The Hall–Kier alpha value is -3.00. The van der Waals surface area contributed by atoms with Crippen LogP contribution in [0.4, 0.5) is 5.82 Å². The van der Waals surface area contributed by atoms with Crippen LogP contribution in [0.5, 0.6) is 0 Å². The highest BCUT2D eigenvalue weighted by molar-refractivity contribution is 5.91. The SMILES string of the molecule is CNC(=O)c1ccc(NCc2cccc(CN3CCCC(C(N)=O)C3)c2)nn1. The predicted molar refractivity (Wildman–Crippen MR) is 106 cm³/mol. The smallest absolute Gasteiger partial charge is 0.271 e. The van der Waals surface area contributed by atoms with Crippen LogP contribution in [0, 0.1) is 5.92 Å². The van der Waals surface area contributed by atoms with Gasteiger partial charge in [0, 0.05) is 26.7 Å². The summed E-state index contributed by atoms with van der Waals surface area (Å²) in [7, 11) is 1.56. The Kier molecular flexibility index (Phi) is 6.54. The summed E-state index contributed by atoms with van der Waals surface area (Å²) >= 11 is 0. The molecule has 2 amide bonds. The second kappa shape index (κ2) is 9.27. The first-order chi connectivity index (χ1) is 13.5. The number of piperidine rings is 1. The molecule has 0 aliphatic carbocycles. The molecule has 0 bridgehead atoms. The molecule has 8 nitrogen and oxygen atoms in total. The van der Waals surface area contributed by atoms with Gasteiger partial charge < -0.3 is 16.4 Å². The molecule has 1 saturated heterocycles. The van der Waals surface area contributed by atoms with Gasteiger partial charge in [0.25, 0.3) is 5.91 Å². The Morgan fingerprint density at radius 1 is 1.21 bits per heavy atom. The van der Waals surface area contributed by atoms with E-state index in [9.17, 15) is 9.59 Å². The van der Waals surface area contributed by atoms with E-state index < -0.39 is 0 Å². The number of carbonyl (C=O) groups excluding carboxylic acids is 2. The number of hydrogen-bond donors (Lipinski definition) is 3. The van der Waals surface area contributed by atoms with Crippen molar-refractivity contribution in [2.75, 3.05) is 25.5 Å². The molecule has 1 atom stereocenters. The highest BCUT2D eigenvalue weighted by Crippen LogP contribution is 2.19. The highest BCUT2D eigenvalue weighted by Gasteiger charge is 2.23. The fourth-order valence-electron chi connectivity index (χ4n) is 3.40. The van der Waals surface area contributed by atoms with Gasteiger partial charge >= 0.3 is 0 Å². The summed E-state index contributed by atoms with van der Waals surface area (Å²) in [5, 5.41) is 13.7. The molecule has 0 spiro atoms. The van der Waals surface area contributed by atoms with Crippen molar-refractivity contribution >= 4 is 17.6 Å². The molecule has 3 rings (SSSR count). The molecule has 1 aliphatic rings. The van der Waals surface area contributed by atoms with Crippen molar-refractivity contribution < 1.29 is 9.59 Å². The molecule has 1 fully saturated rings. The zero-order chi connectivity index (χ0) is 19.9. The van der Waals surface area contributed by atoms with Gasteiger partial charge in [0.05, 0.1) is 5.92 Å². The van der Waals surface area contributed by atoms with Gasteiger partial charge in [-0.1, -0.05) is 24.3 Å². The summed E-state index contributed by atoms with van der Waals surface area (Å²) < 4.78 is 0. The third-order valence-corrected chi connectivity index (χ3v) is 4.90. The lowest BCUT2D eigenvalue weighted by Gasteiger charge is -2.31. The number of amides is 2. The van der Waals surface area contributed by atoms with E-state index in [1.165, 1.54) is 5.56 Å². The molecule has 1 aromatic heterocycles. The number of nitrogens with one attached hydrogen (secondary N) is 2. The van der Waals surface area contributed by atoms with E-state index in [0.717, 1.165) is 38.0 Å². The Morgan fingerprint density at radius 2 is 2.04 bits per heavy atom. The first kappa shape index (κ1) is 19.8. The van der Waals surface area contributed by atoms with Crippen LogP contribution in [-0.4, -0.2) is 47.0 Å². The molecule has 1 aromatic carbocycles. The topological polar surface area (TPSA) is 113 Å². The van der Waals surface area contributed by atoms with Crippen LogP contribution in [0.1, 0.15) is 34.5 Å². The van der Waals surface area contributed by atoms with E-state index in [0.29, 0.717) is 12.4 Å². The minimum absolute atomic E-state index is 0.0464. The summed E-state index contributed by atoms with van der Waals surface area (Å²) in [6, 6.07) is 11.7. The second-order valence-corrected chi connectivity index (χ2v) is 7.03. The van der Waals surface area contributed by atoms with E-state index in [1.807, 2.05) is 12.1 Å². The lowest BCUT2D eigenvalue weighted by atomic mass is 9.97. The summed E-state index contributed by atoms with van der Waals surface area (Å²) in [5.74, 6) is 0.0996. The third-order valence-electron chi connectivity index (χ3n) is 4.90. The predicted octanol–water partition coefficient (Wildman–Crippen LogP) is 1.15. The Labute approximate surface area is 164 Å². The largest absolute Gasteiger partial charge is 0.369 e. The second-order valence-electron chi connectivity index (χ2n) is 7.03. The van der Waals surface area contributed by atoms with E-state index in [2.05, 4.69) is 37.9 Å². The molecule has 28 heavy (non-hydrogen) atoms. The van der Waals surface area contributed by atoms with Crippen molar-refractivity contribution in [3.05, 3.63) is 53.2 Å². The molecule has 2 aromatic rings. The molecule has 2 heterocycles.